The number of amides is 1. The van der Waals surface area contributed by atoms with Gasteiger partial charge in [-0.05, 0) is 24.6 Å². The number of pyridine rings is 1. The zero-order valence-corrected chi connectivity index (χ0v) is 10.2. The number of aryl methyl sites for hydroxylation is 1. The van der Waals surface area contributed by atoms with Gasteiger partial charge in [-0.25, -0.2) is 4.98 Å². The first-order valence-electron chi connectivity index (χ1n) is 5.56. The van der Waals surface area contributed by atoms with Crippen LogP contribution in [0.25, 0.3) is 0 Å². The number of para-hydroxylation sites is 1. The molecule has 1 aromatic carbocycles. The number of nitro benzene ring substituents is 1. The van der Waals surface area contributed by atoms with E-state index in [1.54, 1.807) is 31.3 Å². The van der Waals surface area contributed by atoms with E-state index >= 15 is 0 Å². The van der Waals surface area contributed by atoms with Crippen LogP contribution in [0.15, 0.2) is 42.6 Å². The molecule has 0 bridgehead atoms. The number of benzene rings is 1. The Morgan fingerprint density at radius 3 is 2.68 bits per heavy atom. The fraction of sp³-hybridized carbons (Fsp3) is 0.0769. The lowest BCUT2D eigenvalue weighted by Crippen LogP contribution is -2.15. The van der Waals surface area contributed by atoms with E-state index in [1.807, 2.05) is 0 Å². The van der Waals surface area contributed by atoms with Crippen molar-refractivity contribution in [2.75, 3.05) is 5.32 Å². The number of rotatable bonds is 3. The number of carbonyl (C=O) groups is 1. The number of anilines is 1. The van der Waals surface area contributed by atoms with Crippen molar-refractivity contribution >= 4 is 17.4 Å². The molecule has 0 spiro atoms. The van der Waals surface area contributed by atoms with Crippen molar-refractivity contribution in [3.8, 4) is 0 Å². The minimum Gasteiger partial charge on any atom is -0.306 e. The molecule has 0 aliphatic rings. The maximum atomic E-state index is 12.0. The average molecular weight is 257 g/mol. The summed E-state index contributed by atoms with van der Waals surface area (Å²) in [6, 6.07) is 9.33. The molecule has 6 heteroatoms. The van der Waals surface area contributed by atoms with Crippen LogP contribution in [0.1, 0.15) is 15.9 Å². The number of carbonyl (C=O) groups excluding carboxylic acids is 1. The summed E-state index contributed by atoms with van der Waals surface area (Å²) in [5.41, 5.74) is 0.570. The Kier molecular flexibility index (Phi) is 3.51. The van der Waals surface area contributed by atoms with Gasteiger partial charge in [0.2, 0.25) is 0 Å². The molecular formula is C13H11N3O3. The monoisotopic (exact) mass is 257 g/mol. The van der Waals surface area contributed by atoms with Gasteiger partial charge < -0.3 is 5.32 Å². The molecule has 0 atom stereocenters. The molecule has 1 amide bonds. The van der Waals surface area contributed by atoms with E-state index < -0.39 is 10.8 Å². The summed E-state index contributed by atoms with van der Waals surface area (Å²) in [5.74, 6) is -0.153. The van der Waals surface area contributed by atoms with Gasteiger partial charge in [0.1, 0.15) is 11.4 Å². The van der Waals surface area contributed by atoms with Crippen LogP contribution in [0.4, 0.5) is 11.5 Å². The topological polar surface area (TPSA) is 85.1 Å². The molecule has 1 aromatic heterocycles. The van der Waals surface area contributed by atoms with Crippen molar-refractivity contribution in [1.82, 2.24) is 4.98 Å². The quantitative estimate of drug-likeness (QED) is 0.676. The average Bonchev–Trinajstić information content (AvgIpc) is 2.41. The highest BCUT2D eigenvalue weighted by atomic mass is 16.6. The molecule has 0 unspecified atom stereocenters. The Balaban J connectivity index is 2.31. The summed E-state index contributed by atoms with van der Waals surface area (Å²) in [6.07, 6.45) is 1.54. The number of aromatic nitrogens is 1. The molecule has 19 heavy (non-hydrogen) atoms. The van der Waals surface area contributed by atoms with Crippen LogP contribution < -0.4 is 5.32 Å². The predicted octanol–water partition coefficient (Wildman–Crippen LogP) is 2.55. The highest BCUT2D eigenvalue weighted by Crippen LogP contribution is 2.19. The summed E-state index contributed by atoms with van der Waals surface area (Å²) in [6.45, 7) is 1.79. The number of hydrogen-bond acceptors (Lipinski definition) is 4. The summed E-state index contributed by atoms with van der Waals surface area (Å²) in [4.78, 5) is 26.3. The highest BCUT2D eigenvalue weighted by molar-refractivity contribution is 6.06. The lowest BCUT2D eigenvalue weighted by atomic mass is 10.1. The first kappa shape index (κ1) is 12.7. The molecule has 0 saturated carbocycles. The second kappa shape index (κ2) is 5.26. The molecular weight excluding hydrogens is 246 g/mol. The molecule has 1 N–H and O–H groups in total. The maximum absolute atomic E-state index is 12.0. The van der Waals surface area contributed by atoms with Crippen molar-refractivity contribution in [1.29, 1.82) is 0 Å². The number of hydrogen-bond donors (Lipinski definition) is 1. The van der Waals surface area contributed by atoms with Crippen LogP contribution in [0, 0.1) is 17.0 Å². The van der Waals surface area contributed by atoms with Gasteiger partial charge in [0, 0.05) is 12.3 Å². The van der Waals surface area contributed by atoms with E-state index in [0.717, 1.165) is 5.56 Å². The van der Waals surface area contributed by atoms with E-state index in [9.17, 15) is 14.9 Å². The Bertz CT molecular complexity index is 641. The first-order chi connectivity index (χ1) is 9.09. The molecule has 2 rings (SSSR count). The SMILES string of the molecule is Cc1cccnc1NC(=O)c1ccccc1[N+](=O)[O-]. The highest BCUT2D eigenvalue weighted by Gasteiger charge is 2.19. The smallest absolute Gasteiger partial charge is 0.282 e. The number of nitro groups is 1. The number of nitrogens with zero attached hydrogens (tertiary/aromatic N) is 2. The summed E-state index contributed by atoms with van der Waals surface area (Å²) in [7, 11) is 0. The minimum atomic E-state index is -0.583. The lowest BCUT2D eigenvalue weighted by Gasteiger charge is -2.07. The first-order valence-corrected chi connectivity index (χ1v) is 5.56. The van der Waals surface area contributed by atoms with Crippen molar-refractivity contribution in [2.45, 2.75) is 6.92 Å². The van der Waals surface area contributed by atoms with Crippen LogP contribution in [0.2, 0.25) is 0 Å². The fourth-order valence-electron chi connectivity index (χ4n) is 1.62. The van der Waals surface area contributed by atoms with Gasteiger partial charge in [0.05, 0.1) is 4.92 Å². The van der Waals surface area contributed by atoms with Gasteiger partial charge in [0.25, 0.3) is 11.6 Å². The Labute approximate surface area is 109 Å². The summed E-state index contributed by atoms with van der Waals surface area (Å²) in [5, 5.41) is 13.4. The second-order valence-corrected chi connectivity index (χ2v) is 3.90. The molecule has 6 nitrogen and oxygen atoms in total. The van der Waals surface area contributed by atoms with E-state index in [0.29, 0.717) is 5.82 Å². The van der Waals surface area contributed by atoms with Crippen LogP contribution in [-0.4, -0.2) is 15.8 Å². The molecule has 96 valence electrons. The standard InChI is InChI=1S/C13H11N3O3/c1-9-5-4-8-14-12(9)15-13(17)10-6-2-3-7-11(10)16(18)19/h2-8H,1H3,(H,14,15,17). The Morgan fingerprint density at radius 1 is 1.26 bits per heavy atom. The second-order valence-electron chi connectivity index (χ2n) is 3.90. The van der Waals surface area contributed by atoms with Gasteiger partial charge in [-0.2, -0.15) is 0 Å². The minimum absolute atomic E-state index is 0.0116. The third kappa shape index (κ3) is 2.74. The van der Waals surface area contributed by atoms with Crippen molar-refractivity contribution < 1.29 is 9.72 Å². The van der Waals surface area contributed by atoms with Crippen LogP contribution >= 0.6 is 0 Å². The van der Waals surface area contributed by atoms with E-state index in [1.165, 1.54) is 18.2 Å². The molecule has 1 heterocycles. The lowest BCUT2D eigenvalue weighted by molar-refractivity contribution is -0.385. The van der Waals surface area contributed by atoms with Gasteiger partial charge in [-0.1, -0.05) is 18.2 Å². The maximum Gasteiger partial charge on any atom is 0.282 e. The molecule has 0 aliphatic heterocycles. The van der Waals surface area contributed by atoms with Crippen LogP contribution in [0.5, 0.6) is 0 Å². The third-order valence-electron chi connectivity index (χ3n) is 2.59. The summed E-state index contributed by atoms with van der Waals surface area (Å²) >= 11 is 0. The predicted molar refractivity (Wildman–Crippen MR) is 70.0 cm³/mol. The van der Waals surface area contributed by atoms with Crippen molar-refractivity contribution in [2.24, 2.45) is 0 Å². The van der Waals surface area contributed by atoms with Crippen molar-refractivity contribution in [3.05, 3.63) is 63.8 Å². The van der Waals surface area contributed by atoms with E-state index in [4.69, 9.17) is 0 Å². The third-order valence-corrected chi connectivity index (χ3v) is 2.59. The molecule has 0 aliphatic carbocycles. The van der Waals surface area contributed by atoms with E-state index in [-0.39, 0.29) is 11.3 Å². The fourth-order valence-corrected chi connectivity index (χ4v) is 1.62. The molecule has 0 fully saturated rings. The van der Waals surface area contributed by atoms with Gasteiger partial charge >= 0.3 is 0 Å². The van der Waals surface area contributed by atoms with Gasteiger partial charge in [-0.15, -0.1) is 0 Å². The molecule has 0 saturated heterocycles. The zero-order valence-electron chi connectivity index (χ0n) is 10.2. The summed E-state index contributed by atoms with van der Waals surface area (Å²) < 4.78 is 0. The Morgan fingerprint density at radius 2 is 2.00 bits per heavy atom. The normalized spacial score (nSPS) is 9.95. The van der Waals surface area contributed by atoms with Crippen LogP contribution in [0.3, 0.4) is 0 Å². The Hall–Kier alpha value is -2.76. The number of nitrogens with one attached hydrogen (secondary N) is 1. The van der Waals surface area contributed by atoms with Gasteiger partial charge in [0.15, 0.2) is 0 Å². The van der Waals surface area contributed by atoms with Crippen LogP contribution in [-0.2, 0) is 0 Å². The van der Waals surface area contributed by atoms with E-state index in [2.05, 4.69) is 10.3 Å². The molecule has 0 radical (unpaired) electrons. The van der Waals surface area contributed by atoms with Gasteiger partial charge in [-0.3, -0.25) is 14.9 Å². The molecule has 2 aromatic rings. The largest absolute Gasteiger partial charge is 0.306 e. The van der Waals surface area contributed by atoms with Crippen molar-refractivity contribution in [3.63, 3.8) is 0 Å². The zero-order chi connectivity index (χ0) is 13.8.